The minimum absolute atomic E-state index is 0.589. The smallest absolute Gasteiger partial charge is 0.0427 e. The molecule has 1 N–H and O–H groups in total. The van der Waals surface area contributed by atoms with E-state index in [1.807, 2.05) is 23.5 Å². The van der Waals surface area contributed by atoms with Crippen LogP contribution in [0.15, 0.2) is 24.3 Å². The minimum atomic E-state index is 0.589. The van der Waals surface area contributed by atoms with E-state index in [9.17, 15) is 0 Å². The Kier molecular flexibility index (Phi) is 2.01. The Morgan fingerprint density at radius 2 is 2.21 bits per heavy atom. The molecule has 14 heavy (non-hydrogen) atoms. The average molecular weight is 224 g/mol. The quantitative estimate of drug-likeness (QED) is 0.779. The molecule has 1 aliphatic heterocycles. The highest BCUT2D eigenvalue weighted by atomic mass is 35.5. The first-order valence-corrected chi connectivity index (χ1v) is 5.95. The lowest BCUT2D eigenvalue weighted by Gasteiger charge is -2.26. The van der Waals surface area contributed by atoms with Crippen molar-refractivity contribution < 1.29 is 0 Å². The SMILES string of the molecule is Clc1ccc2cc([C@H]3CCN3)sc2c1. The van der Waals surface area contributed by atoms with Gasteiger partial charge in [0.2, 0.25) is 0 Å². The van der Waals surface area contributed by atoms with Crippen LogP contribution >= 0.6 is 22.9 Å². The summed E-state index contributed by atoms with van der Waals surface area (Å²) in [7, 11) is 0. The van der Waals surface area contributed by atoms with Crippen molar-refractivity contribution >= 4 is 33.0 Å². The molecule has 1 atom stereocenters. The molecule has 2 heterocycles. The average Bonchev–Trinajstić information content (AvgIpc) is 2.43. The number of nitrogens with one attached hydrogen (secondary N) is 1. The van der Waals surface area contributed by atoms with Crippen LogP contribution in [0.5, 0.6) is 0 Å². The number of thiophene rings is 1. The monoisotopic (exact) mass is 223 g/mol. The molecule has 1 nitrogen and oxygen atoms in total. The summed E-state index contributed by atoms with van der Waals surface area (Å²) < 4.78 is 1.29. The van der Waals surface area contributed by atoms with Gasteiger partial charge in [-0.25, -0.2) is 0 Å². The van der Waals surface area contributed by atoms with Gasteiger partial charge in [-0.2, -0.15) is 0 Å². The number of hydrogen-bond acceptors (Lipinski definition) is 2. The van der Waals surface area contributed by atoms with Crippen LogP contribution in [0.4, 0.5) is 0 Å². The van der Waals surface area contributed by atoms with Gasteiger partial charge < -0.3 is 5.32 Å². The molecule has 1 aromatic carbocycles. The molecule has 0 aliphatic carbocycles. The Morgan fingerprint density at radius 3 is 2.93 bits per heavy atom. The van der Waals surface area contributed by atoms with Crippen LogP contribution in [0.25, 0.3) is 10.1 Å². The fourth-order valence-corrected chi connectivity index (χ4v) is 3.18. The summed E-state index contributed by atoms with van der Waals surface area (Å²) in [6, 6.07) is 8.95. The molecule has 0 bridgehead atoms. The van der Waals surface area contributed by atoms with Crippen LogP contribution in [0, 0.1) is 0 Å². The van der Waals surface area contributed by atoms with Crippen LogP contribution in [-0.4, -0.2) is 6.54 Å². The molecule has 3 rings (SSSR count). The standard InChI is InChI=1S/C11H10ClNS/c12-8-2-1-7-5-11(9-3-4-13-9)14-10(7)6-8/h1-2,5-6,9,13H,3-4H2/t9-/m1/s1. The molecule has 3 heteroatoms. The lowest BCUT2D eigenvalue weighted by molar-refractivity contribution is 0.389. The first kappa shape index (κ1) is 8.72. The van der Waals surface area contributed by atoms with E-state index in [1.165, 1.54) is 21.4 Å². The van der Waals surface area contributed by atoms with Crippen LogP contribution in [-0.2, 0) is 0 Å². The van der Waals surface area contributed by atoms with E-state index in [2.05, 4.69) is 17.4 Å². The second kappa shape index (κ2) is 3.23. The topological polar surface area (TPSA) is 12.0 Å². The number of halogens is 1. The van der Waals surface area contributed by atoms with Gasteiger partial charge in [0.1, 0.15) is 0 Å². The molecule has 0 saturated carbocycles. The van der Waals surface area contributed by atoms with E-state index in [0.29, 0.717) is 6.04 Å². The van der Waals surface area contributed by atoms with Gasteiger partial charge in [-0.3, -0.25) is 0 Å². The van der Waals surface area contributed by atoms with Gasteiger partial charge in [0, 0.05) is 20.6 Å². The van der Waals surface area contributed by atoms with Crippen LogP contribution in [0.1, 0.15) is 17.3 Å². The molecular weight excluding hydrogens is 214 g/mol. The highest BCUT2D eigenvalue weighted by Gasteiger charge is 2.20. The van der Waals surface area contributed by atoms with Gasteiger partial charge in [0.15, 0.2) is 0 Å². The van der Waals surface area contributed by atoms with E-state index in [0.717, 1.165) is 11.6 Å². The first-order chi connectivity index (χ1) is 6.83. The summed E-state index contributed by atoms with van der Waals surface area (Å²) in [4.78, 5) is 1.44. The summed E-state index contributed by atoms with van der Waals surface area (Å²) in [6.07, 6.45) is 1.26. The van der Waals surface area contributed by atoms with Crippen molar-refractivity contribution in [3.05, 3.63) is 34.2 Å². The Balaban J connectivity index is 2.10. The van der Waals surface area contributed by atoms with Crippen LogP contribution in [0.2, 0.25) is 5.02 Å². The summed E-state index contributed by atoms with van der Waals surface area (Å²) >= 11 is 7.79. The fraction of sp³-hybridized carbons (Fsp3) is 0.273. The van der Waals surface area contributed by atoms with Gasteiger partial charge in [0.05, 0.1) is 0 Å². The molecule has 1 aromatic heterocycles. The first-order valence-electron chi connectivity index (χ1n) is 4.75. The van der Waals surface area contributed by atoms with Gasteiger partial charge in [-0.05, 0) is 36.6 Å². The second-order valence-corrected chi connectivity index (χ2v) is 5.18. The van der Waals surface area contributed by atoms with E-state index in [4.69, 9.17) is 11.6 Å². The summed E-state index contributed by atoms with van der Waals surface area (Å²) in [5.41, 5.74) is 0. The van der Waals surface area contributed by atoms with Crippen molar-refractivity contribution in [1.82, 2.24) is 5.32 Å². The number of fused-ring (bicyclic) bond motifs is 1. The zero-order valence-electron chi connectivity index (χ0n) is 7.59. The fourth-order valence-electron chi connectivity index (χ4n) is 1.73. The zero-order valence-corrected chi connectivity index (χ0v) is 9.16. The molecule has 0 spiro atoms. The van der Waals surface area contributed by atoms with Crippen molar-refractivity contribution in [3.8, 4) is 0 Å². The maximum atomic E-state index is 5.95. The van der Waals surface area contributed by atoms with E-state index in [-0.39, 0.29) is 0 Å². The molecule has 2 aromatic rings. The predicted octanol–water partition coefficient (Wildman–Crippen LogP) is 3.59. The van der Waals surface area contributed by atoms with Gasteiger partial charge in [-0.1, -0.05) is 17.7 Å². The van der Waals surface area contributed by atoms with Crippen molar-refractivity contribution in [2.45, 2.75) is 12.5 Å². The second-order valence-electron chi connectivity index (χ2n) is 3.63. The van der Waals surface area contributed by atoms with Gasteiger partial charge in [0.25, 0.3) is 0 Å². The lowest BCUT2D eigenvalue weighted by atomic mass is 10.1. The van der Waals surface area contributed by atoms with Crippen LogP contribution in [0.3, 0.4) is 0 Å². The van der Waals surface area contributed by atoms with Crippen LogP contribution < -0.4 is 5.32 Å². The van der Waals surface area contributed by atoms with E-state index in [1.54, 1.807) is 0 Å². The maximum Gasteiger partial charge on any atom is 0.0427 e. The Bertz CT molecular complexity index is 473. The zero-order chi connectivity index (χ0) is 9.54. The highest BCUT2D eigenvalue weighted by molar-refractivity contribution is 7.19. The summed E-state index contributed by atoms with van der Waals surface area (Å²) in [5, 5.41) is 5.55. The normalized spacial score (nSPS) is 21.1. The lowest BCUT2D eigenvalue weighted by Crippen LogP contribution is -2.34. The molecule has 72 valence electrons. The largest absolute Gasteiger partial charge is 0.309 e. The van der Waals surface area contributed by atoms with Crippen molar-refractivity contribution in [1.29, 1.82) is 0 Å². The minimum Gasteiger partial charge on any atom is -0.309 e. The van der Waals surface area contributed by atoms with Crippen molar-refractivity contribution in [3.63, 3.8) is 0 Å². The summed E-state index contributed by atoms with van der Waals surface area (Å²) in [5.74, 6) is 0. The molecule has 0 radical (unpaired) electrons. The van der Waals surface area contributed by atoms with Crippen molar-refractivity contribution in [2.75, 3.05) is 6.54 Å². The van der Waals surface area contributed by atoms with E-state index < -0.39 is 0 Å². The number of rotatable bonds is 1. The predicted molar refractivity (Wildman–Crippen MR) is 62.2 cm³/mol. The van der Waals surface area contributed by atoms with Gasteiger partial charge >= 0.3 is 0 Å². The molecular formula is C11H10ClNS. The third-order valence-electron chi connectivity index (χ3n) is 2.67. The Hall–Kier alpha value is -0.570. The van der Waals surface area contributed by atoms with Gasteiger partial charge in [-0.15, -0.1) is 11.3 Å². The summed E-state index contributed by atoms with van der Waals surface area (Å²) in [6.45, 7) is 1.15. The molecule has 1 fully saturated rings. The molecule has 0 amide bonds. The third kappa shape index (κ3) is 1.34. The molecule has 0 unspecified atom stereocenters. The highest BCUT2D eigenvalue weighted by Crippen LogP contribution is 2.34. The van der Waals surface area contributed by atoms with E-state index >= 15 is 0 Å². The number of hydrogen-bond donors (Lipinski definition) is 1. The molecule has 1 saturated heterocycles. The third-order valence-corrected chi connectivity index (χ3v) is 4.12. The maximum absolute atomic E-state index is 5.95. The van der Waals surface area contributed by atoms with Crippen molar-refractivity contribution in [2.24, 2.45) is 0 Å². The number of benzene rings is 1. The Morgan fingerprint density at radius 1 is 1.36 bits per heavy atom. The Labute approximate surface area is 91.7 Å². The molecule has 1 aliphatic rings.